The van der Waals surface area contributed by atoms with Gasteiger partial charge in [0, 0.05) is 24.4 Å². The summed E-state index contributed by atoms with van der Waals surface area (Å²) in [5.41, 5.74) is 0.907. The van der Waals surface area contributed by atoms with Crippen molar-refractivity contribution in [2.45, 2.75) is 12.5 Å². The summed E-state index contributed by atoms with van der Waals surface area (Å²) in [5.74, 6) is 1.27. The minimum atomic E-state index is -0.0525. The molecule has 1 amide bonds. The topological polar surface area (TPSA) is 51.7 Å². The van der Waals surface area contributed by atoms with Gasteiger partial charge in [0.15, 0.2) is 6.61 Å². The summed E-state index contributed by atoms with van der Waals surface area (Å²) < 4.78 is 11.8. The Balaban J connectivity index is 1.17. The van der Waals surface area contributed by atoms with E-state index in [1.807, 2.05) is 72.8 Å². The van der Waals surface area contributed by atoms with Crippen LogP contribution >= 0.6 is 0 Å². The Bertz CT molecular complexity index is 1210. The van der Waals surface area contributed by atoms with Gasteiger partial charge in [-0.25, -0.2) is 4.98 Å². The highest BCUT2D eigenvalue weighted by Gasteiger charge is 2.28. The third kappa shape index (κ3) is 3.92. The van der Waals surface area contributed by atoms with Crippen LogP contribution in [0.2, 0.25) is 0 Å². The van der Waals surface area contributed by atoms with E-state index in [2.05, 4.69) is 11.1 Å². The molecular formula is C25H22N2O3. The van der Waals surface area contributed by atoms with Crippen molar-refractivity contribution in [1.82, 2.24) is 9.88 Å². The number of ether oxygens (including phenoxy) is 2. The molecule has 0 bridgehead atoms. The van der Waals surface area contributed by atoms with Gasteiger partial charge in [-0.2, -0.15) is 0 Å². The van der Waals surface area contributed by atoms with E-state index in [0.29, 0.717) is 24.7 Å². The molecule has 0 radical (unpaired) electrons. The number of hydrogen-bond acceptors (Lipinski definition) is 4. The zero-order valence-electron chi connectivity index (χ0n) is 16.5. The van der Waals surface area contributed by atoms with Gasteiger partial charge in [0.05, 0.1) is 12.1 Å². The summed E-state index contributed by atoms with van der Waals surface area (Å²) in [7, 11) is 0. The zero-order chi connectivity index (χ0) is 20.3. The van der Waals surface area contributed by atoms with E-state index in [1.54, 1.807) is 4.90 Å². The minimum Gasteiger partial charge on any atom is -0.484 e. The molecular weight excluding hydrogens is 376 g/mol. The smallest absolute Gasteiger partial charge is 0.260 e. The Morgan fingerprint density at radius 3 is 2.60 bits per heavy atom. The number of rotatable bonds is 5. The lowest BCUT2D eigenvalue weighted by molar-refractivity contribution is -0.132. The van der Waals surface area contributed by atoms with Crippen molar-refractivity contribution in [3.8, 4) is 11.6 Å². The molecule has 1 unspecified atom stereocenters. The fourth-order valence-corrected chi connectivity index (χ4v) is 3.83. The van der Waals surface area contributed by atoms with E-state index in [0.717, 1.165) is 28.1 Å². The summed E-state index contributed by atoms with van der Waals surface area (Å²) >= 11 is 0. The van der Waals surface area contributed by atoms with Crippen molar-refractivity contribution in [3.05, 3.63) is 78.9 Å². The number of pyridine rings is 1. The molecule has 0 aliphatic carbocycles. The van der Waals surface area contributed by atoms with Crippen LogP contribution in [0.1, 0.15) is 6.42 Å². The fourth-order valence-electron chi connectivity index (χ4n) is 3.83. The molecule has 1 atom stereocenters. The van der Waals surface area contributed by atoms with E-state index < -0.39 is 0 Å². The van der Waals surface area contributed by atoms with Crippen molar-refractivity contribution in [2.75, 3.05) is 19.7 Å². The van der Waals surface area contributed by atoms with Crippen LogP contribution < -0.4 is 9.47 Å². The number of nitrogens with zero attached hydrogens (tertiary/aromatic N) is 2. The van der Waals surface area contributed by atoms with E-state index >= 15 is 0 Å². The molecule has 0 spiro atoms. The zero-order valence-corrected chi connectivity index (χ0v) is 16.5. The first-order valence-electron chi connectivity index (χ1n) is 10.2. The van der Waals surface area contributed by atoms with Gasteiger partial charge in [0.1, 0.15) is 11.9 Å². The molecule has 4 aromatic rings. The number of carbonyl (C=O) groups is 1. The van der Waals surface area contributed by atoms with Crippen molar-refractivity contribution in [2.24, 2.45) is 0 Å². The van der Waals surface area contributed by atoms with Crippen LogP contribution in [-0.2, 0) is 4.79 Å². The molecule has 5 rings (SSSR count). The fraction of sp³-hybridized carbons (Fsp3) is 0.200. The van der Waals surface area contributed by atoms with Crippen LogP contribution in [-0.4, -0.2) is 41.6 Å². The predicted molar refractivity (Wildman–Crippen MR) is 117 cm³/mol. The Morgan fingerprint density at radius 2 is 1.70 bits per heavy atom. The lowest BCUT2D eigenvalue weighted by atomic mass is 10.1. The van der Waals surface area contributed by atoms with Crippen LogP contribution in [0.25, 0.3) is 21.7 Å². The lowest BCUT2D eigenvalue weighted by Crippen LogP contribution is -2.34. The molecule has 5 heteroatoms. The highest BCUT2D eigenvalue weighted by Crippen LogP contribution is 2.22. The molecule has 150 valence electrons. The van der Waals surface area contributed by atoms with Crippen LogP contribution in [0.5, 0.6) is 11.6 Å². The number of benzene rings is 3. The minimum absolute atomic E-state index is 0.0271. The molecule has 1 aliphatic heterocycles. The number of para-hydroxylation sites is 1. The average molecular weight is 398 g/mol. The van der Waals surface area contributed by atoms with Crippen LogP contribution in [0, 0.1) is 0 Å². The molecule has 5 nitrogen and oxygen atoms in total. The molecule has 3 aromatic carbocycles. The largest absolute Gasteiger partial charge is 0.484 e. The molecule has 1 aliphatic rings. The summed E-state index contributed by atoms with van der Waals surface area (Å²) in [4.78, 5) is 18.9. The second-order valence-electron chi connectivity index (χ2n) is 7.51. The van der Waals surface area contributed by atoms with Gasteiger partial charge in [-0.15, -0.1) is 0 Å². The molecule has 1 saturated heterocycles. The first-order valence-corrected chi connectivity index (χ1v) is 10.2. The maximum Gasteiger partial charge on any atom is 0.260 e. The monoisotopic (exact) mass is 398 g/mol. The molecule has 1 aromatic heterocycles. The number of carbonyl (C=O) groups excluding carboxylic acids is 1. The lowest BCUT2D eigenvalue weighted by Gasteiger charge is -2.17. The van der Waals surface area contributed by atoms with Gasteiger partial charge in [-0.3, -0.25) is 4.79 Å². The van der Waals surface area contributed by atoms with Crippen LogP contribution in [0.3, 0.4) is 0 Å². The van der Waals surface area contributed by atoms with Gasteiger partial charge >= 0.3 is 0 Å². The Labute approximate surface area is 174 Å². The standard InChI is InChI=1S/C25H22N2O3/c28-25(17-29-21-11-9-18-5-1-2-7-20(18)15-21)27-14-13-22(16-27)30-24-12-10-19-6-3-4-8-23(19)26-24/h1-12,15,22H,13-14,16-17H2. The van der Waals surface area contributed by atoms with E-state index in [1.165, 1.54) is 0 Å². The SMILES string of the molecule is O=C(COc1ccc2ccccc2c1)N1CCC(Oc2ccc3ccccc3n2)C1. The van der Waals surface area contributed by atoms with Crippen molar-refractivity contribution >= 4 is 27.6 Å². The van der Waals surface area contributed by atoms with Gasteiger partial charge < -0.3 is 14.4 Å². The van der Waals surface area contributed by atoms with Crippen molar-refractivity contribution in [3.63, 3.8) is 0 Å². The van der Waals surface area contributed by atoms with Crippen LogP contribution in [0.4, 0.5) is 0 Å². The third-order valence-electron chi connectivity index (χ3n) is 5.44. The van der Waals surface area contributed by atoms with Crippen molar-refractivity contribution in [1.29, 1.82) is 0 Å². The average Bonchev–Trinajstić information content (AvgIpc) is 3.26. The molecule has 0 N–H and O–H groups in total. The second kappa shape index (κ2) is 8.03. The van der Waals surface area contributed by atoms with E-state index in [-0.39, 0.29) is 18.6 Å². The normalized spacial score (nSPS) is 16.1. The Kier molecular flexibility index (Phi) is 4.93. The highest BCUT2D eigenvalue weighted by molar-refractivity contribution is 5.84. The van der Waals surface area contributed by atoms with E-state index in [4.69, 9.17) is 9.47 Å². The molecule has 0 saturated carbocycles. The number of aromatic nitrogens is 1. The van der Waals surface area contributed by atoms with Gasteiger partial charge in [0.25, 0.3) is 5.91 Å². The molecule has 30 heavy (non-hydrogen) atoms. The summed E-state index contributed by atoms with van der Waals surface area (Å²) in [6.07, 6.45) is 0.735. The van der Waals surface area contributed by atoms with E-state index in [9.17, 15) is 4.79 Å². The predicted octanol–water partition coefficient (Wildman–Crippen LogP) is 4.45. The van der Waals surface area contributed by atoms with Crippen molar-refractivity contribution < 1.29 is 14.3 Å². The number of hydrogen-bond donors (Lipinski definition) is 0. The molecule has 2 heterocycles. The van der Waals surface area contributed by atoms with Gasteiger partial charge in [0.2, 0.25) is 5.88 Å². The molecule has 1 fully saturated rings. The maximum atomic E-state index is 12.6. The highest BCUT2D eigenvalue weighted by atomic mass is 16.5. The number of fused-ring (bicyclic) bond motifs is 2. The first kappa shape index (κ1) is 18.4. The quantitative estimate of drug-likeness (QED) is 0.499. The van der Waals surface area contributed by atoms with Gasteiger partial charge in [-0.1, -0.05) is 48.5 Å². The summed E-state index contributed by atoms with van der Waals surface area (Å²) in [6.45, 7) is 1.24. The van der Waals surface area contributed by atoms with Gasteiger partial charge in [-0.05, 0) is 35.0 Å². The maximum absolute atomic E-state index is 12.6. The first-order chi connectivity index (χ1) is 14.7. The third-order valence-corrected chi connectivity index (χ3v) is 5.44. The Morgan fingerprint density at radius 1 is 0.933 bits per heavy atom. The number of likely N-dealkylation sites (tertiary alicyclic amines) is 1. The van der Waals surface area contributed by atoms with Crippen LogP contribution in [0.15, 0.2) is 78.9 Å². The summed E-state index contributed by atoms with van der Waals surface area (Å²) in [5, 5.41) is 3.33. The second-order valence-corrected chi connectivity index (χ2v) is 7.51. The number of amides is 1. The summed E-state index contributed by atoms with van der Waals surface area (Å²) in [6, 6.07) is 25.8. The Hall–Kier alpha value is -3.60.